The minimum absolute atomic E-state index is 0.131. The van der Waals surface area contributed by atoms with E-state index < -0.39 is 0 Å². The van der Waals surface area contributed by atoms with Crippen LogP contribution in [0.4, 0.5) is 0 Å². The smallest absolute Gasteiger partial charge is 0.0597 e. The van der Waals surface area contributed by atoms with E-state index in [1.54, 1.807) is 0 Å². The Bertz CT molecular complexity index is 531. The minimum Gasteiger partial charge on any atom is -0.118 e. The van der Waals surface area contributed by atoms with E-state index in [-0.39, 0.29) is 5.38 Å². The summed E-state index contributed by atoms with van der Waals surface area (Å²) in [6.07, 6.45) is 0.975. The monoisotopic (exact) mass is 262 g/mol. The van der Waals surface area contributed by atoms with E-state index in [9.17, 15) is 0 Å². The van der Waals surface area contributed by atoms with Crippen LogP contribution in [0.3, 0.4) is 0 Å². The third-order valence-corrected chi connectivity index (χ3v) is 4.09. The van der Waals surface area contributed by atoms with Crippen LogP contribution in [0.1, 0.15) is 34.4 Å². The van der Waals surface area contributed by atoms with E-state index in [4.69, 9.17) is 23.2 Å². The lowest BCUT2D eigenvalue weighted by atomic mass is 9.93. The van der Waals surface area contributed by atoms with Gasteiger partial charge >= 0.3 is 0 Å². The Labute approximate surface area is 111 Å². The highest BCUT2D eigenvalue weighted by atomic mass is 35.5. The molecule has 0 bridgehead atoms. The van der Waals surface area contributed by atoms with Gasteiger partial charge in [-0.15, -0.1) is 11.6 Å². The average molecular weight is 263 g/mol. The van der Waals surface area contributed by atoms with Crippen LogP contribution in [0.2, 0.25) is 5.02 Å². The molecule has 86 valence electrons. The predicted octanol–water partition coefficient (Wildman–Crippen LogP) is 5.16. The third-order valence-electron chi connectivity index (χ3n) is 3.42. The molecule has 0 saturated heterocycles. The van der Waals surface area contributed by atoms with Crippen molar-refractivity contribution in [2.45, 2.75) is 17.7 Å². The largest absolute Gasteiger partial charge is 0.118 e. The highest BCUT2D eigenvalue weighted by molar-refractivity contribution is 6.30. The van der Waals surface area contributed by atoms with Gasteiger partial charge in [-0.25, -0.2) is 0 Å². The maximum atomic E-state index is 6.39. The minimum atomic E-state index is 0.131. The normalized spacial score (nSPS) is 22.5. The van der Waals surface area contributed by atoms with Crippen molar-refractivity contribution < 1.29 is 0 Å². The van der Waals surface area contributed by atoms with Gasteiger partial charge in [0, 0.05) is 10.9 Å². The van der Waals surface area contributed by atoms with E-state index in [1.165, 1.54) is 16.7 Å². The lowest BCUT2D eigenvalue weighted by Crippen LogP contribution is -1.95. The van der Waals surface area contributed by atoms with Gasteiger partial charge in [0.2, 0.25) is 0 Å². The number of rotatable bonds is 1. The Kier molecular flexibility index (Phi) is 2.85. The van der Waals surface area contributed by atoms with E-state index in [2.05, 4.69) is 36.4 Å². The van der Waals surface area contributed by atoms with Gasteiger partial charge in [0.15, 0.2) is 0 Å². The molecule has 0 unspecified atom stereocenters. The molecule has 0 amide bonds. The molecule has 0 aliphatic heterocycles. The van der Waals surface area contributed by atoms with Crippen molar-refractivity contribution in [1.82, 2.24) is 0 Å². The SMILES string of the molecule is Clc1ccc([C@H]2C[C@@H](Cl)c3ccccc32)cc1. The van der Waals surface area contributed by atoms with Crippen LogP contribution in [0.5, 0.6) is 0 Å². The summed E-state index contributed by atoms with van der Waals surface area (Å²) in [5, 5.41) is 0.911. The second kappa shape index (κ2) is 4.36. The molecule has 0 fully saturated rings. The molecular weight excluding hydrogens is 251 g/mol. The van der Waals surface area contributed by atoms with Crippen LogP contribution in [0.25, 0.3) is 0 Å². The summed E-state index contributed by atoms with van der Waals surface area (Å²) in [5.41, 5.74) is 3.92. The molecule has 1 aliphatic rings. The molecule has 0 aromatic heterocycles. The van der Waals surface area contributed by atoms with Gasteiger partial charge in [0.25, 0.3) is 0 Å². The van der Waals surface area contributed by atoms with Crippen LogP contribution in [0, 0.1) is 0 Å². The maximum absolute atomic E-state index is 6.39. The third kappa shape index (κ3) is 1.96. The van der Waals surface area contributed by atoms with Crippen molar-refractivity contribution in [3.8, 4) is 0 Å². The first kappa shape index (κ1) is 11.1. The van der Waals surface area contributed by atoms with Crippen molar-refractivity contribution in [2.75, 3.05) is 0 Å². The zero-order valence-electron chi connectivity index (χ0n) is 9.24. The number of benzene rings is 2. The maximum Gasteiger partial charge on any atom is 0.0597 e. The molecule has 0 N–H and O–H groups in total. The highest BCUT2D eigenvalue weighted by Gasteiger charge is 2.29. The Morgan fingerprint density at radius 3 is 2.24 bits per heavy atom. The molecule has 1 aliphatic carbocycles. The first-order valence-corrected chi connectivity index (χ1v) is 6.55. The van der Waals surface area contributed by atoms with Crippen molar-refractivity contribution in [2.24, 2.45) is 0 Å². The zero-order valence-corrected chi connectivity index (χ0v) is 10.7. The number of fused-ring (bicyclic) bond motifs is 1. The topological polar surface area (TPSA) is 0 Å². The molecular formula is C15H12Cl2. The Hall–Kier alpha value is -0.980. The quantitative estimate of drug-likeness (QED) is 0.624. The van der Waals surface area contributed by atoms with Crippen molar-refractivity contribution in [1.29, 1.82) is 0 Å². The van der Waals surface area contributed by atoms with Crippen LogP contribution >= 0.6 is 23.2 Å². The summed E-state index contributed by atoms with van der Waals surface area (Å²) >= 11 is 12.3. The second-order valence-electron chi connectivity index (χ2n) is 4.44. The molecule has 0 nitrogen and oxygen atoms in total. The van der Waals surface area contributed by atoms with Crippen LogP contribution < -0.4 is 0 Å². The van der Waals surface area contributed by atoms with Crippen LogP contribution in [-0.4, -0.2) is 0 Å². The van der Waals surface area contributed by atoms with Gasteiger partial charge in [0.1, 0.15) is 0 Å². The molecule has 2 atom stereocenters. The van der Waals surface area contributed by atoms with E-state index in [0.29, 0.717) is 5.92 Å². The lowest BCUT2D eigenvalue weighted by Gasteiger charge is -2.11. The summed E-state index contributed by atoms with van der Waals surface area (Å²) in [5.74, 6) is 0.408. The molecule has 0 radical (unpaired) electrons. The average Bonchev–Trinajstić information content (AvgIpc) is 2.69. The molecule has 17 heavy (non-hydrogen) atoms. The fourth-order valence-electron chi connectivity index (χ4n) is 2.59. The van der Waals surface area contributed by atoms with Crippen LogP contribution in [0.15, 0.2) is 48.5 Å². The summed E-state index contributed by atoms with van der Waals surface area (Å²) in [4.78, 5) is 0. The van der Waals surface area contributed by atoms with E-state index >= 15 is 0 Å². The number of alkyl halides is 1. The summed E-state index contributed by atoms with van der Waals surface area (Å²) in [6.45, 7) is 0. The second-order valence-corrected chi connectivity index (χ2v) is 5.40. The predicted molar refractivity (Wildman–Crippen MR) is 72.9 cm³/mol. The summed E-state index contributed by atoms with van der Waals surface area (Å²) < 4.78 is 0. The highest BCUT2D eigenvalue weighted by Crippen LogP contribution is 2.46. The fourth-order valence-corrected chi connectivity index (χ4v) is 3.09. The van der Waals surface area contributed by atoms with Gasteiger partial charge in [-0.1, -0.05) is 48.0 Å². The standard InChI is InChI=1S/C15H12Cl2/c16-11-7-5-10(6-8-11)14-9-15(17)13-4-2-1-3-12(13)14/h1-8,14-15H,9H2/t14-,15-/m1/s1. The Morgan fingerprint density at radius 2 is 1.53 bits per heavy atom. The molecule has 0 spiro atoms. The zero-order chi connectivity index (χ0) is 11.8. The molecule has 0 saturated carbocycles. The molecule has 2 aromatic carbocycles. The number of hydrogen-bond acceptors (Lipinski definition) is 0. The molecule has 0 heterocycles. The van der Waals surface area contributed by atoms with Crippen molar-refractivity contribution in [3.63, 3.8) is 0 Å². The number of halogens is 2. The van der Waals surface area contributed by atoms with Gasteiger partial charge in [-0.05, 0) is 35.2 Å². The first-order chi connectivity index (χ1) is 8.25. The summed E-state index contributed by atoms with van der Waals surface area (Å²) in [7, 11) is 0. The van der Waals surface area contributed by atoms with Crippen molar-refractivity contribution in [3.05, 3.63) is 70.2 Å². The van der Waals surface area contributed by atoms with Gasteiger partial charge in [-0.2, -0.15) is 0 Å². The molecule has 2 aromatic rings. The fraction of sp³-hybridized carbons (Fsp3) is 0.200. The van der Waals surface area contributed by atoms with Gasteiger partial charge in [0.05, 0.1) is 5.38 Å². The van der Waals surface area contributed by atoms with Crippen molar-refractivity contribution >= 4 is 23.2 Å². The lowest BCUT2D eigenvalue weighted by molar-refractivity contribution is 0.771. The summed E-state index contributed by atoms with van der Waals surface area (Å²) in [6, 6.07) is 16.5. The first-order valence-electron chi connectivity index (χ1n) is 5.74. The van der Waals surface area contributed by atoms with E-state index in [0.717, 1.165) is 11.4 Å². The van der Waals surface area contributed by atoms with Gasteiger partial charge in [-0.3, -0.25) is 0 Å². The van der Waals surface area contributed by atoms with Crippen LogP contribution in [-0.2, 0) is 0 Å². The van der Waals surface area contributed by atoms with E-state index in [1.807, 2.05) is 12.1 Å². The number of hydrogen-bond donors (Lipinski definition) is 0. The Morgan fingerprint density at radius 1 is 0.882 bits per heavy atom. The Balaban J connectivity index is 2.04. The van der Waals surface area contributed by atoms with Gasteiger partial charge < -0.3 is 0 Å². The molecule has 2 heteroatoms. The molecule has 3 rings (SSSR count).